The topological polar surface area (TPSA) is 69.1 Å². The number of rotatable bonds is 13. The smallest absolute Gasteiger partial charge is 0.191 e. The molecule has 1 aromatic rings. The van der Waals surface area contributed by atoms with Crippen LogP contribution in [0.3, 0.4) is 0 Å². The summed E-state index contributed by atoms with van der Waals surface area (Å²) in [6.45, 7) is 10.4. The average molecular weight is 393 g/mol. The van der Waals surface area contributed by atoms with Crippen LogP contribution in [0.1, 0.15) is 39.2 Å². The van der Waals surface area contributed by atoms with Gasteiger partial charge in [-0.1, -0.05) is 32.0 Å². The number of aliphatic imine (C=N–C) groups is 1. The lowest BCUT2D eigenvalue weighted by Gasteiger charge is -2.20. The van der Waals surface area contributed by atoms with Crippen molar-refractivity contribution in [2.45, 2.75) is 40.2 Å². The molecule has 0 spiro atoms. The molecular formula is C22H40N4O2. The number of para-hydroxylation sites is 1. The van der Waals surface area contributed by atoms with Gasteiger partial charge in [-0.2, -0.15) is 0 Å². The highest BCUT2D eigenvalue weighted by molar-refractivity contribution is 5.79. The van der Waals surface area contributed by atoms with Gasteiger partial charge in [0.05, 0.1) is 6.54 Å². The maximum Gasteiger partial charge on any atom is 0.191 e. The van der Waals surface area contributed by atoms with Crippen molar-refractivity contribution in [2.24, 2.45) is 16.8 Å². The number of guanidine groups is 1. The van der Waals surface area contributed by atoms with E-state index in [0.717, 1.165) is 49.7 Å². The molecule has 28 heavy (non-hydrogen) atoms. The highest BCUT2D eigenvalue weighted by atomic mass is 16.5. The molecule has 1 atom stereocenters. The Morgan fingerprint density at radius 2 is 1.96 bits per heavy atom. The molecule has 0 aliphatic heterocycles. The minimum Gasteiger partial charge on any atom is -0.492 e. The summed E-state index contributed by atoms with van der Waals surface area (Å²) in [4.78, 5) is 6.85. The van der Waals surface area contributed by atoms with Gasteiger partial charge in [0.2, 0.25) is 0 Å². The highest BCUT2D eigenvalue weighted by Gasteiger charge is 2.11. The minimum absolute atomic E-state index is 0.227. The van der Waals surface area contributed by atoms with Crippen molar-refractivity contribution in [1.82, 2.24) is 15.5 Å². The molecule has 0 heterocycles. The van der Waals surface area contributed by atoms with Gasteiger partial charge in [-0.05, 0) is 51.8 Å². The van der Waals surface area contributed by atoms with E-state index >= 15 is 0 Å². The van der Waals surface area contributed by atoms with Crippen molar-refractivity contribution in [3.05, 3.63) is 29.8 Å². The van der Waals surface area contributed by atoms with E-state index in [9.17, 15) is 5.11 Å². The average Bonchev–Trinajstić information content (AvgIpc) is 2.64. The van der Waals surface area contributed by atoms with Gasteiger partial charge in [-0.15, -0.1) is 0 Å². The first kappa shape index (κ1) is 24.2. The summed E-state index contributed by atoms with van der Waals surface area (Å²) in [5.74, 6) is 2.75. The molecule has 0 aliphatic carbocycles. The number of benzene rings is 1. The molecule has 0 saturated carbocycles. The van der Waals surface area contributed by atoms with E-state index in [0.29, 0.717) is 25.0 Å². The summed E-state index contributed by atoms with van der Waals surface area (Å²) in [6.07, 6.45) is 1.91. The number of hydrogen-bond acceptors (Lipinski definition) is 4. The number of aliphatic hydroxyl groups excluding tert-OH is 1. The SMILES string of the molecule is CCNC(=NCc1ccccc1OCCN(C)C)NCC(CCO)CC(C)C. The molecule has 6 heteroatoms. The molecule has 0 fully saturated rings. The number of aliphatic hydroxyl groups is 1. The number of nitrogens with zero attached hydrogens (tertiary/aromatic N) is 2. The molecule has 0 saturated heterocycles. The number of likely N-dealkylation sites (N-methyl/N-ethyl adjacent to an activating group) is 1. The van der Waals surface area contributed by atoms with Crippen LogP contribution in [0.15, 0.2) is 29.3 Å². The Morgan fingerprint density at radius 1 is 1.21 bits per heavy atom. The molecule has 0 radical (unpaired) electrons. The van der Waals surface area contributed by atoms with Crippen LogP contribution >= 0.6 is 0 Å². The Bertz CT molecular complexity index is 561. The van der Waals surface area contributed by atoms with Gasteiger partial charge in [-0.25, -0.2) is 4.99 Å². The van der Waals surface area contributed by atoms with Crippen LogP contribution in [-0.2, 0) is 6.54 Å². The summed E-state index contributed by atoms with van der Waals surface area (Å²) in [5.41, 5.74) is 1.08. The van der Waals surface area contributed by atoms with Crippen LogP contribution in [0.5, 0.6) is 5.75 Å². The summed E-state index contributed by atoms with van der Waals surface area (Å²) in [5, 5.41) is 16.1. The van der Waals surface area contributed by atoms with Gasteiger partial charge in [0.15, 0.2) is 5.96 Å². The molecule has 6 nitrogen and oxygen atoms in total. The lowest BCUT2D eigenvalue weighted by Crippen LogP contribution is -2.40. The van der Waals surface area contributed by atoms with Crippen molar-refractivity contribution in [1.29, 1.82) is 0 Å². The predicted octanol–water partition coefficient (Wildman–Crippen LogP) is 2.73. The van der Waals surface area contributed by atoms with E-state index in [4.69, 9.17) is 9.73 Å². The fourth-order valence-electron chi connectivity index (χ4n) is 3.01. The molecule has 0 amide bonds. The van der Waals surface area contributed by atoms with Crippen LogP contribution in [0.2, 0.25) is 0 Å². The maximum atomic E-state index is 9.32. The first-order valence-corrected chi connectivity index (χ1v) is 10.4. The Balaban J connectivity index is 2.70. The normalized spacial score (nSPS) is 13.1. The lowest BCUT2D eigenvalue weighted by molar-refractivity contribution is 0.243. The van der Waals surface area contributed by atoms with Gasteiger partial charge in [0.25, 0.3) is 0 Å². The minimum atomic E-state index is 0.227. The largest absolute Gasteiger partial charge is 0.492 e. The van der Waals surface area contributed by atoms with E-state index in [1.807, 2.05) is 32.3 Å². The summed E-state index contributed by atoms with van der Waals surface area (Å²) < 4.78 is 5.93. The fraction of sp³-hybridized carbons (Fsp3) is 0.682. The number of hydrogen-bond donors (Lipinski definition) is 3. The maximum absolute atomic E-state index is 9.32. The van der Waals surface area contributed by atoms with Gasteiger partial charge < -0.3 is 25.4 Å². The van der Waals surface area contributed by atoms with Crippen LogP contribution in [0.25, 0.3) is 0 Å². The van der Waals surface area contributed by atoms with E-state index < -0.39 is 0 Å². The third kappa shape index (κ3) is 10.5. The second kappa shape index (κ2) is 14.2. The number of ether oxygens (including phenoxy) is 1. The Labute approximate surface area is 171 Å². The number of nitrogens with one attached hydrogen (secondary N) is 2. The Morgan fingerprint density at radius 3 is 2.61 bits per heavy atom. The van der Waals surface area contributed by atoms with Crippen LogP contribution in [0, 0.1) is 11.8 Å². The van der Waals surface area contributed by atoms with Crippen molar-refractivity contribution >= 4 is 5.96 Å². The molecule has 0 aromatic heterocycles. The first-order chi connectivity index (χ1) is 13.5. The molecular weight excluding hydrogens is 352 g/mol. The van der Waals surface area contributed by atoms with E-state index in [2.05, 4.69) is 42.4 Å². The van der Waals surface area contributed by atoms with Crippen molar-refractivity contribution < 1.29 is 9.84 Å². The summed E-state index contributed by atoms with van der Waals surface area (Å²) in [7, 11) is 4.08. The second-order valence-electron chi connectivity index (χ2n) is 7.84. The van der Waals surface area contributed by atoms with Gasteiger partial charge in [0.1, 0.15) is 12.4 Å². The highest BCUT2D eigenvalue weighted by Crippen LogP contribution is 2.19. The van der Waals surface area contributed by atoms with Crippen molar-refractivity contribution in [3.8, 4) is 5.75 Å². The monoisotopic (exact) mass is 392 g/mol. The van der Waals surface area contributed by atoms with Crippen LogP contribution in [0.4, 0.5) is 0 Å². The van der Waals surface area contributed by atoms with Gasteiger partial charge in [-0.3, -0.25) is 0 Å². The molecule has 1 unspecified atom stereocenters. The molecule has 0 aliphatic rings. The Kier molecular flexibility index (Phi) is 12.3. The third-order valence-corrected chi connectivity index (χ3v) is 4.42. The molecule has 3 N–H and O–H groups in total. The molecule has 0 bridgehead atoms. The van der Waals surface area contributed by atoms with Gasteiger partial charge in [0, 0.05) is 31.8 Å². The van der Waals surface area contributed by atoms with Crippen LogP contribution < -0.4 is 15.4 Å². The standard InChI is InChI=1S/C22H40N4O2/c1-6-23-22(24-16-19(11-13-27)15-18(2)3)25-17-20-9-7-8-10-21(20)28-14-12-26(4)5/h7-10,18-19,27H,6,11-17H2,1-5H3,(H2,23,24,25). The lowest BCUT2D eigenvalue weighted by atomic mass is 9.94. The van der Waals surface area contributed by atoms with Crippen molar-refractivity contribution in [2.75, 3.05) is 46.9 Å². The second-order valence-corrected chi connectivity index (χ2v) is 7.84. The van der Waals surface area contributed by atoms with E-state index in [1.165, 1.54) is 0 Å². The zero-order chi connectivity index (χ0) is 20.8. The van der Waals surface area contributed by atoms with E-state index in [1.54, 1.807) is 0 Å². The Hall–Kier alpha value is -1.79. The predicted molar refractivity (Wildman–Crippen MR) is 118 cm³/mol. The van der Waals surface area contributed by atoms with Crippen LogP contribution in [-0.4, -0.2) is 62.9 Å². The summed E-state index contributed by atoms with van der Waals surface area (Å²) in [6, 6.07) is 8.07. The zero-order valence-corrected chi connectivity index (χ0v) is 18.4. The van der Waals surface area contributed by atoms with E-state index in [-0.39, 0.29) is 6.61 Å². The quantitative estimate of drug-likeness (QED) is 0.356. The fourth-order valence-corrected chi connectivity index (χ4v) is 3.01. The molecule has 1 aromatic carbocycles. The first-order valence-electron chi connectivity index (χ1n) is 10.4. The van der Waals surface area contributed by atoms with Crippen molar-refractivity contribution in [3.63, 3.8) is 0 Å². The zero-order valence-electron chi connectivity index (χ0n) is 18.4. The van der Waals surface area contributed by atoms with Gasteiger partial charge >= 0.3 is 0 Å². The molecule has 160 valence electrons. The molecule has 1 rings (SSSR count). The third-order valence-electron chi connectivity index (χ3n) is 4.42. The summed E-state index contributed by atoms with van der Waals surface area (Å²) >= 11 is 0.